The molecule has 2 aliphatic heterocycles. The molecular weight excluding hydrogens is 348 g/mol. The van der Waals surface area contributed by atoms with Crippen LogP contribution >= 0.6 is 0 Å². The van der Waals surface area contributed by atoms with Gasteiger partial charge in [0.15, 0.2) is 0 Å². The molecule has 148 valence electrons. The van der Waals surface area contributed by atoms with Crippen molar-refractivity contribution in [3.05, 3.63) is 71.8 Å². The normalized spacial score (nSPS) is 22.2. The second-order valence-electron chi connectivity index (χ2n) is 7.99. The van der Waals surface area contributed by atoms with Crippen LogP contribution < -0.4 is 4.74 Å². The third-order valence-electron chi connectivity index (χ3n) is 5.58. The first-order valence-electron chi connectivity index (χ1n) is 10.1. The highest BCUT2D eigenvalue weighted by Gasteiger charge is 2.34. The summed E-state index contributed by atoms with van der Waals surface area (Å²) in [5, 5.41) is 0. The van der Waals surface area contributed by atoms with E-state index < -0.39 is 0 Å². The maximum Gasteiger partial charge on any atom is 0.119 e. The summed E-state index contributed by atoms with van der Waals surface area (Å²) >= 11 is 0. The molecule has 0 amide bonds. The molecule has 2 atom stereocenters. The second-order valence-corrected chi connectivity index (χ2v) is 7.99. The van der Waals surface area contributed by atoms with Crippen molar-refractivity contribution in [2.45, 2.75) is 25.0 Å². The van der Waals surface area contributed by atoms with E-state index in [1.807, 2.05) is 0 Å². The van der Waals surface area contributed by atoms with Gasteiger partial charge in [-0.2, -0.15) is 0 Å². The predicted molar refractivity (Wildman–Crippen MR) is 113 cm³/mol. The third kappa shape index (κ3) is 4.64. The largest absolute Gasteiger partial charge is 0.492 e. The summed E-state index contributed by atoms with van der Waals surface area (Å²) in [6.45, 7) is 4.21. The van der Waals surface area contributed by atoms with Crippen molar-refractivity contribution in [1.29, 1.82) is 0 Å². The van der Waals surface area contributed by atoms with Crippen LogP contribution in [0, 0.1) is 0 Å². The van der Waals surface area contributed by atoms with E-state index in [0.29, 0.717) is 18.7 Å². The molecule has 2 heterocycles. The van der Waals surface area contributed by atoms with Gasteiger partial charge in [-0.25, -0.2) is 0 Å². The fourth-order valence-electron chi connectivity index (χ4n) is 4.03. The number of benzene rings is 2. The van der Waals surface area contributed by atoms with Gasteiger partial charge in [0, 0.05) is 19.1 Å². The SMILES string of the molecule is CN(C)CCOc1ccc(C2=CC3COCC(C2)N3Cc2ccccc2)cc1. The quantitative estimate of drug-likeness (QED) is 0.734. The van der Waals surface area contributed by atoms with Gasteiger partial charge in [-0.15, -0.1) is 0 Å². The molecule has 1 fully saturated rings. The number of nitrogens with zero attached hydrogens (tertiary/aromatic N) is 2. The monoisotopic (exact) mass is 378 g/mol. The molecule has 0 saturated carbocycles. The Morgan fingerprint density at radius 3 is 2.54 bits per heavy atom. The highest BCUT2D eigenvalue weighted by atomic mass is 16.5. The lowest BCUT2D eigenvalue weighted by atomic mass is 9.89. The Labute approximate surface area is 168 Å². The number of rotatable bonds is 7. The molecular formula is C24H30N2O2. The second kappa shape index (κ2) is 8.91. The predicted octanol–water partition coefficient (Wildman–Crippen LogP) is 3.68. The highest BCUT2D eigenvalue weighted by molar-refractivity contribution is 5.68. The summed E-state index contributed by atoms with van der Waals surface area (Å²) in [6, 6.07) is 20.1. The fraction of sp³-hybridized carbons (Fsp3) is 0.417. The Morgan fingerprint density at radius 2 is 1.82 bits per heavy atom. The van der Waals surface area contributed by atoms with Gasteiger partial charge in [0.25, 0.3) is 0 Å². The molecule has 0 aromatic heterocycles. The maximum atomic E-state index is 5.86. The number of hydrogen-bond donors (Lipinski definition) is 0. The lowest BCUT2D eigenvalue weighted by molar-refractivity contribution is -0.0402. The Balaban J connectivity index is 1.44. The van der Waals surface area contributed by atoms with Gasteiger partial charge < -0.3 is 14.4 Å². The lowest BCUT2D eigenvalue weighted by Crippen LogP contribution is -2.53. The van der Waals surface area contributed by atoms with E-state index in [-0.39, 0.29) is 0 Å². The molecule has 28 heavy (non-hydrogen) atoms. The number of ether oxygens (including phenoxy) is 2. The first-order chi connectivity index (χ1) is 13.7. The average Bonchev–Trinajstić information content (AvgIpc) is 2.69. The van der Waals surface area contributed by atoms with Gasteiger partial charge in [-0.3, -0.25) is 4.90 Å². The van der Waals surface area contributed by atoms with Crippen molar-refractivity contribution in [2.24, 2.45) is 0 Å². The molecule has 4 nitrogen and oxygen atoms in total. The molecule has 0 aliphatic carbocycles. The van der Waals surface area contributed by atoms with Gasteiger partial charge in [-0.1, -0.05) is 48.5 Å². The van der Waals surface area contributed by atoms with E-state index in [0.717, 1.165) is 38.5 Å². The van der Waals surface area contributed by atoms with E-state index in [1.54, 1.807) is 0 Å². The van der Waals surface area contributed by atoms with E-state index in [9.17, 15) is 0 Å². The number of fused-ring (bicyclic) bond motifs is 2. The molecule has 0 N–H and O–H groups in total. The van der Waals surface area contributed by atoms with E-state index in [2.05, 4.69) is 84.6 Å². The Kier molecular flexibility index (Phi) is 6.10. The first-order valence-corrected chi connectivity index (χ1v) is 10.1. The van der Waals surface area contributed by atoms with Crippen LogP contribution in [0.2, 0.25) is 0 Å². The Bertz CT molecular complexity index is 786. The average molecular weight is 379 g/mol. The van der Waals surface area contributed by atoms with Crippen LogP contribution in [0.25, 0.3) is 5.57 Å². The molecule has 0 spiro atoms. The number of morpholine rings is 1. The molecule has 2 bridgehead atoms. The van der Waals surface area contributed by atoms with Gasteiger partial charge in [0.1, 0.15) is 12.4 Å². The zero-order valence-corrected chi connectivity index (χ0v) is 16.9. The van der Waals surface area contributed by atoms with Gasteiger partial charge in [0.05, 0.1) is 19.3 Å². The smallest absolute Gasteiger partial charge is 0.119 e. The summed E-state index contributed by atoms with van der Waals surface area (Å²) < 4.78 is 11.7. The number of hydrogen-bond acceptors (Lipinski definition) is 4. The van der Waals surface area contributed by atoms with E-state index in [1.165, 1.54) is 16.7 Å². The minimum absolute atomic E-state index is 0.346. The van der Waals surface area contributed by atoms with Crippen molar-refractivity contribution in [2.75, 3.05) is 40.5 Å². The minimum Gasteiger partial charge on any atom is -0.492 e. The van der Waals surface area contributed by atoms with Crippen molar-refractivity contribution in [3.63, 3.8) is 0 Å². The summed E-state index contributed by atoms with van der Waals surface area (Å²) in [7, 11) is 4.12. The molecule has 4 rings (SSSR count). The zero-order chi connectivity index (χ0) is 19.3. The van der Waals surface area contributed by atoms with E-state index in [4.69, 9.17) is 9.47 Å². The van der Waals surface area contributed by atoms with Gasteiger partial charge >= 0.3 is 0 Å². The van der Waals surface area contributed by atoms with Crippen LogP contribution in [0.5, 0.6) is 5.75 Å². The molecule has 2 aromatic carbocycles. The standard InChI is InChI=1S/C24H30N2O2/c1-25(2)12-13-28-24-10-8-20(9-11-24)21-14-22-17-27-18-23(15-21)26(22)16-19-6-4-3-5-7-19/h3-11,14,22-23H,12-13,15-18H2,1-2H3. The summed E-state index contributed by atoms with van der Waals surface area (Å²) in [5.74, 6) is 0.941. The fourth-order valence-corrected chi connectivity index (χ4v) is 4.03. The molecule has 1 saturated heterocycles. The number of likely N-dealkylation sites (N-methyl/N-ethyl adjacent to an activating group) is 1. The highest BCUT2D eigenvalue weighted by Crippen LogP contribution is 2.34. The van der Waals surface area contributed by atoms with Crippen LogP contribution in [0.15, 0.2) is 60.7 Å². The van der Waals surface area contributed by atoms with Crippen LogP contribution in [-0.4, -0.2) is 62.3 Å². The summed E-state index contributed by atoms with van der Waals surface area (Å²) in [4.78, 5) is 4.73. The van der Waals surface area contributed by atoms with Crippen molar-refractivity contribution in [3.8, 4) is 5.75 Å². The van der Waals surface area contributed by atoms with Crippen LogP contribution in [0.1, 0.15) is 17.5 Å². The molecule has 4 heteroatoms. The molecule has 0 radical (unpaired) electrons. The molecule has 2 aliphatic rings. The van der Waals surface area contributed by atoms with Crippen LogP contribution in [-0.2, 0) is 11.3 Å². The van der Waals surface area contributed by atoms with Gasteiger partial charge in [-0.05, 0) is 49.3 Å². The lowest BCUT2D eigenvalue weighted by Gasteiger charge is -2.44. The van der Waals surface area contributed by atoms with Crippen molar-refractivity contribution >= 4 is 5.57 Å². The van der Waals surface area contributed by atoms with Crippen molar-refractivity contribution < 1.29 is 9.47 Å². The van der Waals surface area contributed by atoms with Crippen molar-refractivity contribution in [1.82, 2.24) is 9.80 Å². The van der Waals surface area contributed by atoms with E-state index >= 15 is 0 Å². The Hall–Kier alpha value is -2.14. The first kappa shape index (κ1) is 19.2. The topological polar surface area (TPSA) is 24.9 Å². The summed E-state index contributed by atoms with van der Waals surface area (Å²) in [5.41, 5.74) is 4.11. The summed E-state index contributed by atoms with van der Waals surface area (Å²) in [6.07, 6.45) is 3.44. The molecule has 2 unspecified atom stereocenters. The zero-order valence-electron chi connectivity index (χ0n) is 16.9. The van der Waals surface area contributed by atoms with Crippen LogP contribution in [0.3, 0.4) is 0 Å². The third-order valence-corrected chi connectivity index (χ3v) is 5.58. The molecule has 2 aromatic rings. The van der Waals surface area contributed by atoms with Gasteiger partial charge in [0.2, 0.25) is 0 Å². The minimum atomic E-state index is 0.346. The maximum absolute atomic E-state index is 5.86. The Morgan fingerprint density at radius 1 is 1.04 bits per heavy atom. The van der Waals surface area contributed by atoms with Crippen LogP contribution in [0.4, 0.5) is 0 Å².